The van der Waals surface area contributed by atoms with E-state index >= 15 is 0 Å². The highest BCUT2D eigenvalue weighted by Gasteiger charge is 2.33. The quantitative estimate of drug-likeness (QED) is 0.108. The highest BCUT2D eigenvalue weighted by molar-refractivity contribution is 9.12. The number of benzene rings is 4. The molecule has 4 unspecified atom stereocenters. The van der Waals surface area contributed by atoms with Gasteiger partial charge in [0.2, 0.25) is 0 Å². The molecule has 0 radical (unpaired) electrons. The first-order valence-electron chi connectivity index (χ1n) is 12.1. The Morgan fingerprint density at radius 3 is 1.28 bits per heavy atom. The van der Waals surface area contributed by atoms with Crippen LogP contribution in [0.15, 0.2) is 60.7 Å². The van der Waals surface area contributed by atoms with Crippen molar-refractivity contribution in [1.82, 2.24) is 0 Å². The predicted molar refractivity (Wildman–Crippen MR) is 162 cm³/mol. The molecule has 2 nitrogen and oxygen atoms in total. The van der Waals surface area contributed by atoms with Gasteiger partial charge in [-0.3, -0.25) is 9.59 Å². The maximum Gasteiger partial charge on any atom is 0.163 e. The molecular weight excluding hydrogens is 712 g/mol. The summed E-state index contributed by atoms with van der Waals surface area (Å²) in [5.74, 6) is 0.291. The van der Waals surface area contributed by atoms with Crippen molar-refractivity contribution in [2.75, 3.05) is 0 Å². The lowest BCUT2D eigenvalue weighted by molar-refractivity contribution is 0.0956. The molecule has 4 aromatic rings. The van der Waals surface area contributed by atoms with Crippen LogP contribution in [0.1, 0.15) is 88.0 Å². The molecule has 2 aliphatic rings. The summed E-state index contributed by atoms with van der Waals surface area (Å²) in [7, 11) is 0. The van der Waals surface area contributed by atoms with Crippen LogP contribution < -0.4 is 0 Å². The van der Waals surface area contributed by atoms with Crippen molar-refractivity contribution in [1.29, 1.82) is 0 Å². The molecule has 0 N–H and O–H groups in total. The second kappa shape index (κ2) is 9.76. The molecule has 0 heterocycles. The predicted octanol–water partition coefficient (Wildman–Crippen LogP) is 10.4. The Hall–Kier alpha value is -1.34. The van der Waals surface area contributed by atoms with Crippen LogP contribution in [0, 0.1) is 0 Å². The fourth-order valence-corrected chi connectivity index (χ4v) is 8.47. The van der Waals surface area contributed by atoms with Gasteiger partial charge in [-0.15, -0.1) is 0 Å². The van der Waals surface area contributed by atoms with Gasteiger partial charge >= 0.3 is 0 Å². The first-order chi connectivity index (χ1) is 17.4. The zero-order valence-electron chi connectivity index (χ0n) is 19.2. The Bertz CT molecular complexity index is 1410. The summed E-state index contributed by atoms with van der Waals surface area (Å²) in [6.07, 6.45) is 2.29. The van der Waals surface area contributed by atoms with Crippen LogP contribution in [0.2, 0.25) is 0 Å². The number of hydrogen-bond acceptors (Lipinski definition) is 2. The van der Waals surface area contributed by atoms with Crippen molar-refractivity contribution < 1.29 is 9.59 Å². The highest BCUT2D eigenvalue weighted by Crippen LogP contribution is 2.54. The van der Waals surface area contributed by atoms with Gasteiger partial charge in [0.1, 0.15) is 0 Å². The van der Waals surface area contributed by atoms with Gasteiger partial charge in [-0.1, -0.05) is 124 Å². The minimum absolute atomic E-state index is 0.146. The number of unbranched alkanes of at least 4 members (excludes halogenated alkanes) is 1. The van der Waals surface area contributed by atoms with E-state index in [1.54, 1.807) is 0 Å². The van der Waals surface area contributed by atoms with E-state index in [4.69, 9.17) is 0 Å². The third-order valence-corrected chi connectivity index (χ3v) is 13.1. The van der Waals surface area contributed by atoms with Crippen molar-refractivity contribution in [3.63, 3.8) is 0 Å². The van der Waals surface area contributed by atoms with Crippen LogP contribution >= 0.6 is 63.7 Å². The fraction of sp³-hybridized carbons (Fsp3) is 0.267. The van der Waals surface area contributed by atoms with Crippen LogP contribution in [0.4, 0.5) is 0 Å². The molecule has 0 aliphatic heterocycles. The third-order valence-electron chi connectivity index (χ3n) is 7.57. The van der Waals surface area contributed by atoms with E-state index in [9.17, 15) is 9.59 Å². The maximum absolute atomic E-state index is 13.2. The summed E-state index contributed by atoms with van der Waals surface area (Å²) in [4.78, 5) is 27.2. The van der Waals surface area contributed by atoms with E-state index in [1.165, 1.54) is 33.0 Å². The van der Waals surface area contributed by atoms with E-state index in [-0.39, 0.29) is 30.9 Å². The lowest BCUT2D eigenvalue weighted by Crippen LogP contribution is -2.03. The summed E-state index contributed by atoms with van der Waals surface area (Å²) in [6.45, 7) is 0. The number of hydrogen-bond donors (Lipinski definition) is 0. The Morgan fingerprint density at radius 1 is 0.528 bits per heavy atom. The topological polar surface area (TPSA) is 34.1 Å². The lowest BCUT2D eigenvalue weighted by Gasteiger charge is -2.10. The molecule has 2 aliphatic carbocycles. The molecule has 0 spiro atoms. The number of ketones is 2. The SMILES string of the molecule is O=C(CCCCC(=O)c1ccc2c3c(cccc13)C(Br)C2Br)c1ccc2c3c(cccc13)C(Br)C2Br. The minimum atomic E-state index is 0.146. The molecule has 182 valence electrons. The van der Waals surface area contributed by atoms with Gasteiger partial charge in [-0.2, -0.15) is 0 Å². The number of halogens is 4. The van der Waals surface area contributed by atoms with E-state index in [1.807, 2.05) is 24.3 Å². The molecule has 4 atom stereocenters. The Kier molecular flexibility index (Phi) is 6.77. The van der Waals surface area contributed by atoms with Crippen molar-refractivity contribution in [3.05, 3.63) is 94.0 Å². The molecule has 0 aromatic heterocycles. The molecule has 4 aromatic carbocycles. The van der Waals surface area contributed by atoms with Gasteiger partial charge in [-0.05, 0) is 56.6 Å². The van der Waals surface area contributed by atoms with Crippen molar-refractivity contribution in [2.24, 2.45) is 0 Å². The first kappa shape index (κ1) is 25.0. The van der Waals surface area contributed by atoms with E-state index in [0.717, 1.165) is 21.9 Å². The number of Topliss-reactive ketones (excluding diaryl/α,β-unsaturated/α-hetero) is 2. The molecule has 6 heteroatoms. The molecule has 0 bridgehead atoms. The molecule has 0 amide bonds. The smallest absolute Gasteiger partial charge is 0.163 e. The van der Waals surface area contributed by atoms with Crippen LogP contribution in [0.3, 0.4) is 0 Å². The summed E-state index contributed by atoms with van der Waals surface area (Å²) >= 11 is 15.1. The normalized spacial score (nSPS) is 22.0. The number of alkyl halides is 4. The van der Waals surface area contributed by atoms with Gasteiger partial charge in [0.25, 0.3) is 0 Å². The van der Waals surface area contributed by atoms with Gasteiger partial charge in [0, 0.05) is 24.0 Å². The summed E-state index contributed by atoms with van der Waals surface area (Å²) in [5, 5.41) is 4.43. The standard InChI is InChI=1S/C30H22Br4O2/c31-27-19-7-3-5-17-15(11-13-21(25(17)19)29(27)33)23(35)9-1-2-10-24(36)16-12-14-22-26-18(16)6-4-8-20(26)28(32)30(22)34/h3-8,11-14,27-30H,1-2,9-10H2. The monoisotopic (exact) mass is 730 g/mol. The number of rotatable bonds is 7. The van der Waals surface area contributed by atoms with Gasteiger partial charge in [0.15, 0.2) is 11.6 Å². The van der Waals surface area contributed by atoms with E-state index < -0.39 is 0 Å². The Labute approximate surface area is 243 Å². The summed E-state index contributed by atoms with van der Waals surface area (Å²) in [6, 6.07) is 20.5. The van der Waals surface area contributed by atoms with Gasteiger partial charge in [0.05, 0.1) is 19.3 Å². The highest BCUT2D eigenvalue weighted by atomic mass is 79.9. The lowest BCUT2D eigenvalue weighted by atomic mass is 9.94. The average Bonchev–Trinajstić information content (AvgIpc) is 3.30. The number of carbonyl (C=O) groups excluding carboxylic acids is 2. The van der Waals surface area contributed by atoms with Crippen LogP contribution in [-0.2, 0) is 0 Å². The molecule has 6 rings (SSSR count). The number of carbonyl (C=O) groups is 2. The van der Waals surface area contributed by atoms with E-state index in [2.05, 4.69) is 100 Å². The van der Waals surface area contributed by atoms with Gasteiger partial charge < -0.3 is 0 Å². The van der Waals surface area contributed by atoms with Crippen molar-refractivity contribution >= 4 is 96.8 Å². The molecule has 36 heavy (non-hydrogen) atoms. The molecular formula is C30H22Br4O2. The molecule has 0 fully saturated rings. The Morgan fingerprint density at radius 2 is 0.889 bits per heavy atom. The molecule has 0 saturated heterocycles. The van der Waals surface area contributed by atoms with Gasteiger partial charge in [-0.25, -0.2) is 0 Å². The Balaban J connectivity index is 1.15. The summed E-state index contributed by atoms with van der Waals surface area (Å²) < 4.78 is 0. The minimum Gasteiger partial charge on any atom is -0.294 e. The second-order valence-corrected chi connectivity index (χ2v) is 13.6. The average molecular weight is 734 g/mol. The maximum atomic E-state index is 13.2. The van der Waals surface area contributed by atoms with E-state index in [0.29, 0.717) is 25.7 Å². The van der Waals surface area contributed by atoms with Crippen LogP contribution in [0.5, 0.6) is 0 Å². The van der Waals surface area contributed by atoms with Crippen molar-refractivity contribution in [3.8, 4) is 0 Å². The van der Waals surface area contributed by atoms with Crippen LogP contribution in [0.25, 0.3) is 21.5 Å². The van der Waals surface area contributed by atoms with Crippen LogP contribution in [-0.4, -0.2) is 11.6 Å². The molecule has 0 saturated carbocycles. The van der Waals surface area contributed by atoms with Crippen molar-refractivity contribution in [2.45, 2.75) is 45.0 Å². The zero-order chi connectivity index (χ0) is 25.1. The summed E-state index contributed by atoms with van der Waals surface area (Å²) in [5.41, 5.74) is 6.48. The third kappa shape index (κ3) is 3.90. The zero-order valence-corrected chi connectivity index (χ0v) is 25.6. The second-order valence-electron chi connectivity index (χ2n) is 9.60. The largest absolute Gasteiger partial charge is 0.294 e. The first-order valence-corrected chi connectivity index (χ1v) is 15.8. The fourth-order valence-electron chi connectivity index (χ4n) is 5.80.